The Morgan fingerprint density at radius 1 is 1.13 bits per heavy atom. The van der Waals surface area contributed by atoms with E-state index in [1.54, 1.807) is 6.26 Å². The van der Waals surface area contributed by atoms with Gasteiger partial charge in [-0.25, -0.2) is 0 Å². The van der Waals surface area contributed by atoms with Crippen LogP contribution in [0, 0.1) is 5.92 Å². The Morgan fingerprint density at radius 2 is 1.90 bits per heavy atom. The predicted octanol–water partition coefficient (Wildman–Crippen LogP) is 5.33. The Labute approximate surface area is 182 Å². The average molecular weight is 427 g/mol. The number of aromatic nitrogens is 3. The van der Waals surface area contributed by atoms with Gasteiger partial charge in [0.15, 0.2) is 16.7 Å². The van der Waals surface area contributed by atoms with Crippen LogP contribution in [0.15, 0.2) is 58.3 Å². The molecule has 0 aliphatic rings. The Balaban J connectivity index is 1.74. The highest BCUT2D eigenvalue weighted by molar-refractivity contribution is 8.00. The maximum Gasteiger partial charge on any atom is 0.233 e. The number of thioether (sulfide) groups is 1. The van der Waals surface area contributed by atoms with Gasteiger partial charge in [0.05, 0.1) is 17.6 Å². The summed E-state index contributed by atoms with van der Waals surface area (Å²) < 4.78 is 7.56. The van der Waals surface area contributed by atoms with E-state index in [1.807, 2.05) is 41.8 Å². The molecule has 0 bridgehead atoms. The second-order valence-electron chi connectivity index (χ2n) is 7.81. The molecule has 2 aromatic heterocycles. The minimum atomic E-state index is -0.298. The van der Waals surface area contributed by atoms with Crippen LogP contribution in [0.2, 0.25) is 0 Å². The van der Waals surface area contributed by atoms with E-state index in [-0.39, 0.29) is 17.2 Å². The molecule has 30 heavy (non-hydrogen) atoms. The number of rotatable bonds is 10. The lowest BCUT2D eigenvalue weighted by Crippen LogP contribution is -2.34. The third-order valence-corrected chi connectivity index (χ3v) is 5.83. The number of carbonyl (C=O) groups is 1. The molecule has 160 valence electrons. The Hall–Kier alpha value is -2.54. The summed E-state index contributed by atoms with van der Waals surface area (Å²) in [6, 6.07) is 13.9. The van der Waals surface area contributed by atoms with Gasteiger partial charge in [0.2, 0.25) is 5.91 Å². The molecule has 0 radical (unpaired) electrons. The number of furan rings is 1. The number of hydrogen-bond donors (Lipinski definition) is 1. The summed E-state index contributed by atoms with van der Waals surface area (Å²) >= 11 is 1.43. The molecule has 1 N–H and O–H groups in total. The molecule has 0 saturated carbocycles. The fourth-order valence-corrected chi connectivity index (χ4v) is 4.16. The molecular weight excluding hydrogens is 396 g/mol. The number of carbonyl (C=O) groups excluding carboxylic acids is 1. The van der Waals surface area contributed by atoms with Crippen molar-refractivity contribution in [2.45, 2.75) is 63.5 Å². The first kappa shape index (κ1) is 22.2. The second kappa shape index (κ2) is 10.5. The summed E-state index contributed by atoms with van der Waals surface area (Å²) in [4.78, 5) is 13.0. The lowest BCUT2D eigenvalue weighted by atomic mass is 10.0. The quantitative estimate of drug-likeness (QED) is 0.444. The number of benzene rings is 1. The van der Waals surface area contributed by atoms with Gasteiger partial charge in [-0.2, -0.15) is 0 Å². The maximum atomic E-state index is 13.0. The fourth-order valence-electron chi connectivity index (χ4n) is 3.29. The van der Waals surface area contributed by atoms with E-state index in [1.165, 1.54) is 11.8 Å². The van der Waals surface area contributed by atoms with Crippen molar-refractivity contribution in [2.24, 2.45) is 5.92 Å². The van der Waals surface area contributed by atoms with Crippen LogP contribution in [-0.4, -0.2) is 25.9 Å². The third-order valence-electron chi connectivity index (χ3n) is 4.75. The van der Waals surface area contributed by atoms with Gasteiger partial charge in [-0.15, -0.1) is 10.2 Å². The van der Waals surface area contributed by atoms with Crippen molar-refractivity contribution in [3.63, 3.8) is 0 Å². The standard InChI is InChI=1S/C23H30N4O2S/c1-5-10-19(18-11-7-6-8-12-18)24-22(28)17(4)30-23-26-25-21(20-13-9-14-29-20)27(23)15-16(2)3/h6-9,11-14,16-17,19H,5,10,15H2,1-4H3,(H,24,28). The summed E-state index contributed by atoms with van der Waals surface area (Å²) in [5.74, 6) is 1.78. The highest BCUT2D eigenvalue weighted by atomic mass is 32.2. The van der Waals surface area contributed by atoms with Gasteiger partial charge < -0.3 is 9.73 Å². The Bertz CT molecular complexity index is 922. The van der Waals surface area contributed by atoms with Crippen molar-refractivity contribution >= 4 is 17.7 Å². The molecule has 0 saturated heterocycles. The van der Waals surface area contributed by atoms with Crippen LogP contribution < -0.4 is 5.32 Å². The lowest BCUT2D eigenvalue weighted by molar-refractivity contribution is -0.121. The van der Waals surface area contributed by atoms with E-state index in [2.05, 4.69) is 48.4 Å². The summed E-state index contributed by atoms with van der Waals surface area (Å²) in [6.07, 6.45) is 3.53. The van der Waals surface area contributed by atoms with Crippen molar-refractivity contribution in [2.75, 3.05) is 0 Å². The van der Waals surface area contributed by atoms with Crippen LogP contribution in [-0.2, 0) is 11.3 Å². The smallest absolute Gasteiger partial charge is 0.233 e. The zero-order valence-corrected chi connectivity index (χ0v) is 18.9. The first-order chi connectivity index (χ1) is 14.5. The van der Waals surface area contributed by atoms with E-state index < -0.39 is 0 Å². The maximum absolute atomic E-state index is 13.0. The van der Waals surface area contributed by atoms with Crippen molar-refractivity contribution in [1.82, 2.24) is 20.1 Å². The predicted molar refractivity (Wildman–Crippen MR) is 120 cm³/mol. The minimum Gasteiger partial charge on any atom is -0.461 e. The van der Waals surface area contributed by atoms with Gasteiger partial charge in [0.25, 0.3) is 0 Å². The van der Waals surface area contributed by atoms with Gasteiger partial charge in [0, 0.05) is 6.54 Å². The molecule has 2 heterocycles. The van der Waals surface area contributed by atoms with E-state index in [0.29, 0.717) is 17.5 Å². The molecule has 7 heteroatoms. The van der Waals surface area contributed by atoms with Crippen molar-refractivity contribution in [3.05, 3.63) is 54.3 Å². The first-order valence-corrected chi connectivity index (χ1v) is 11.4. The molecule has 3 rings (SSSR count). The molecule has 2 atom stereocenters. The fraction of sp³-hybridized carbons (Fsp3) is 0.435. The normalized spacial score (nSPS) is 13.4. The second-order valence-corrected chi connectivity index (χ2v) is 9.12. The number of nitrogens with one attached hydrogen (secondary N) is 1. The van der Waals surface area contributed by atoms with E-state index >= 15 is 0 Å². The summed E-state index contributed by atoms with van der Waals surface area (Å²) in [5.41, 5.74) is 1.13. The highest BCUT2D eigenvalue weighted by Gasteiger charge is 2.24. The Kier molecular flexibility index (Phi) is 7.74. The van der Waals surface area contributed by atoms with Gasteiger partial charge in [-0.3, -0.25) is 9.36 Å². The average Bonchev–Trinajstić information content (AvgIpc) is 3.38. The van der Waals surface area contributed by atoms with Crippen molar-refractivity contribution in [3.8, 4) is 11.6 Å². The largest absolute Gasteiger partial charge is 0.461 e. The van der Waals surface area contributed by atoms with Gasteiger partial charge in [0.1, 0.15) is 0 Å². The molecule has 0 spiro atoms. The van der Waals surface area contributed by atoms with E-state index in [4.69, 9.17) is 4.42 Å². The summed E-state index contributed by atoms with van der Waals surface area (Å²) in [6.45, 7) is 9.08. The first-order valence-electron chi connectivity index (χ1n) is 10.5. The monoisotopic (exact) mass is 426 g/mol. The third kappa shape index (κ3) is 5.53. The molecule has 1 aromatic carbocycles. The van der Waals surface area contributed by atoms with Gasteiger partial charge >= 0.3 is 0 Å². The molecule has 1 amide bonds. The highest BCUT2D eigenvalue weighted by Crippen LogP contribution is 2.29. The van der Waals surface area contributed by atoms with Crippen LogP contribution in [0.3, 0.4) is 0 Å². The van der Waals surface area contributed by atoms with Crippen LogP contribution in [0.1, 0.15) is 52.1 Å². The zero-order valence-electron chi connectivity index (χ0n) is 18.0. The lowest BCUT2D eigenvalue weighted by Gasteiger charge is -2.21. The van der Waals surface area contributed by atoms with Gasteiger partial charge in [-0.1, -0.05) is 69.3 Å². The number of amides is 1. The molecule has 2 unspecified atom stereocenters. The van der Waals surface area contributed by atoms with E-state index in [0.717, 1.165) is 30.1 Å². The molecular formula is C23H30N4O2S. The molecule has 3 aromatic rings. The van der Waals surface area contributed by atoms with Crippen LogP contribution in [0.4, 0.5) is 0 Å². The summed E-state index contributed by atoms with van der Waals surface area (Å²) in [7, 11) is 0. The molecule has 0 aliphatic carbocycles. The summed E-state index contributed by atoms with van der Waals surface area (Å²) in [5, 5.41) is 12.3. The molecule has 0 fully saturated rings. The van der Waals surface area contributed by atoms with E-state index in [9.17, 15) is 4.79 Å². The number of nitrogens with zero attached hydrogens (tertiary/aromatic N) is 3. The minimum absolute atomic E-state index is 0.000878. The SMILES string of the molecule is CCCC(NC(=O)C(C)Sc1nnc(-c2ccco2)n1CC(C)C)c1ccccc1. The zero-order chi connectivity index (χ0) is 21.5. The van der Waals surface area contributed by atoms with Gasteiger partial charge in [-0.05, 0) is 37.0 Å². The van der Waals surface area contributed by atoms with Crippen LogP contribution in [0.25, 0.3) is 11.6 Å². The van der Waals surface area contributed by atoms with Crippen LogP contribution in [0.5, 0.6) is 0 Å². The van der Waals surface area contributed by atoms with Crippen molar-refractivity contribution < 1.29 is 9.21 Å². The molecule has 6 nitrogen and oxygen atoms in total. The number of hydrogen-bond acceptors (Lipinski definition) is 5. The topological polar surface area (TPSA) is 73.0 Å². The molecule has 0 aliphatic heterocycles. The van der Waals surface area contributed by atoms with Crippen molar-refractivity contribution in [1.29, 1.82) is 0 Å². The van der Waals surface area contributed by atoms with Crippen LogP contribution >= 0.6 is 11.8 Å². The Morgan fingerprint density at radius 3 is 2.53 bits per heavy atom.